The lowest BCUT2D eigenvalue weighted by Crippen LogP contribution is -1.94. The fourth-order valence-corrected chi connectivity index (χ4v) is 1.70. The Morgan fingerprint density at radius 2 is 2.12 bits per heavy atom. The fourth-order valence-electron chi connectivity index (χ4n) is 1.21. The van der Waals surface area contributed by atoms with Crippen molar-refractivity contribution in [3.05, 3.63) is 50.8 Å². The standard InChI is InChI=1S/C9H5Cl2N3O2/c10-6-1-2-9(8(11)3-6)13-5-7(4-12-13)14(15)16/h1-5H. The Morgan fingerprint density at radius 1 is 1.38 bits per heavy atom. The first-order valence-corrected chi connectivity index (χ1v) is 4.98. The fraction of sp³-hybridized carbons (Fsp3) is 0. The van der Waals surface area contributed by atoms with Crippen LogP contribution in [0.25, 0.3) is 5.69 Å². The van der Waals surface area contributed by atoms with Crippen LogP contribution in [0.5, 0.6) is 0 Å². The molecule has 82 valence electrons. The minimum absolute atomic E-state index is 0.0917. The van der Waals surface area contributed by atoms with Gasteiger partial charge in [-0.05, 0) is 18.2 Å². The SMILES string of the molecule is O=[N+]([O-])c1cnn(-c2ccc(Cl)cc2Cl)c1. The number of rotatable bonds is 2. The normalized spacial score (nSPS) is 10.4. The summed E-state index contributed by atoms with van der Waals surface area (Å²) in [4.78, 5) is 9.96. The molecular formula is C9H5Cl2N3O2. The van der Waals surface area contributed by atoms with Gasteiger partial charge in [-0.3, -0.25) is 10.1 Å². The van der Waals surface area contributed by atoms with Gasteiger partial charge in [-0.15, -0.1) is 0 Å². The molecule has 0 aliphatic carbocycles. The summed E-state index contributed by atoms with van der Waals surface area (Å²) in [6.07, 6.45) is 2.44. The highest BCUT2D eigenvalue weighted by Gasteiger charge is 2.11. The van der Waals surface area contributed by atoms with E-state index in [1.54, 1.807) is 18.2 Å². The first-order valence-electron chi connectivity index (χ1n) is 4.22. The van der Waals surface area contributed by atoms with Gasteiger partial charge in [0.25, 0.3) is 0 Å². The second-order valence-corrected chi connectivity index (χ2v) is 3.84. The summed E-state index contributed by atoms with van der Waals surface area (Å²) in [6, 6.07) is 4.82. The molecule has 0 unspecified atom stereocenters. The molecule has 0 atom stereocenters. The summed E-state index contributed by atoms with van der Waals surface area (Å²) in [5, 5.41) is 15.2. The number of nitrogens with zero attached hydrogens (tertiary/aromatic N) is 3. The second-order valence-electron chi connectivity index (χ2n) is 3.00. The molecule has 0 N–H and O–H groups in total. The molecule has 0 aliphatic heterocycles. The molecule has 16 heavy (non-hydrogen) atoms. The van der Waals surface area contributed by atoms with Gasteiger partial charge in [-0.2, -0.15) is 5.10 Å². The van der Waals surface area contributed by atoms with Crippen LogP contribution in [0.15, 0.2) is 30.6 Å². The van der Waals surface area contributed by atoms with E-state index in [0.717, 1.165) is 6.20 Å². The molecule has 0 aliphatic rings. The Labute approximate surface area is 100 Å². The molecule has 0 bridgehead atoms. The predicted molar refractivity (Wildman–Crippen MR) is 60.2 cm³/mol. The van der Waals surface area contributed by atoms with Crippen molar-refractivity contribution < 1.29 is 4.92 Å². The highest BCUT2D eigenvalue weighted by Crippen LogP contribution is 2.24. The first-order chi connectivity index (χ1) is 7.58. The van der Waals surface area contributed by atoms with Gasteiger partial charge in [0.05, 0.1) is 15.6 Å². The van der Waals surface area contributed by atoms with Gasteiger partial charge in [-0.25, -0.2) is 4.68 Å². The predicted octanol–water partition coefficient (Wildman–Crippen LogP) is 3.09. The van der Waals surface area contributed by atoms with Crippen LogP contribution in [0.4, 0.5) is 5.69 Å². The third-order valence-corrected chi connectivity index (χ3v) is 2.47. The van der Waals surface area contributed by atoms with E-state index in [2.05, 4.69) is 5.10 Å². The number of aromatic nitrogens is 2. The Kier molecular flexibility index (Phi) is 2.80. The lowest BCUT2D eigenvalue weighted by Gasteiger charge is -2.03. The van der Waals surface area contributed by atoms with Gasteiger partial charge in [0.1, 0.15) is 12.4 Å². The maximum absolute atomic E-state index is 10.5. The van der Waals surface area contributed by atoms with E-state index in [-0.39, 0.29) is 5.69 Å². The summed E-state index contributed by atoms with van der Waals surface area (Å²) in [5.74, 6) is 0. The smallest absolute Gasteiger partial charge is 0.258 e. The van der Waals surface area contributed by atoms with Crippen LogP contribution in [-0.4, -0.2) is 14.7 Å². The van der Waals surface area contributed by atoms with Gasteiger partial charge in [0.15, 0.2) is 0 Å². The van der Waals surface area contributed by atoms with Crippen molar-refractivity contribution in [3.8, 4) is 5.69 Å². The molecule has 1 aromatic carbocycles. The van der Waals surface area contributed by atoms with Crippen molar-refractivity contribution in [2.24, 2.45) is 0 Å². The molecular weight excluding hydrogens is 253 g/mol. The summed E-state index contributed by atoms with van der Waals surface area (Å²) in [5.41, 5.74) is 0.449. The third kappa shape index (κ3) is 2.00. The molecule has 0 radical (unpaired) electrons. The highest BCUT2D eigenvalue weighted by atomic mass is 35.5. The summed E-state index contributed by atoms with van der Waals surface area (Å²) < 4.78 is 1.33. The molecule has 2 rings (SSSR count). The van der Waals surface area contributed by atoms with Crippen molar-refractivity contribution in [1.29, 1.82) is 0 Å². The topological polar surface area (TPSA) is 61.0 Å². The molecule has 1 aromatic heterocycles. The lowest BCUT2D eigenvalue weighted by atomic mass is 10.3. The first kappa shape index (κ1) is 10.9. The lowest BCUT2D eigenvalue weighted by molar-refractivity contribution is -0.384. The zero-order valence-corrected chi connectivity index (χ0v) is 9.31. The zero-order valence-electron chi connectivity index (χ0n) is 7.80. The van der Waals surface area contributed by atoms with E-state index in [0.29, 0.717) is 15.7 Å². The molecule has 7 heteroatoms. The van der Waals surface area contributed by atoms with Crippen molar-refractivity contribution in [2.75, 3.05) is 0 Å². The number of benzene rings is 1. The molecule has 0 fully saturated rings. The van der Waals surface area contributed by atoms with Crippen LogP contribution in [0.1, 0.15) is 0 Å². The quantitative estimate of drug-likeness (QED) is 0.614. The van der Waals surface area contributed by atoms with E-state index in [9.17, 15) is 10.1 Å². The monoisotopic (exact) mass is 257 g/mol. The molecule has 0 saturated carbocycles. The highest BCUT2D eigenvalue weighted by molar-refractivity contribution is 6.35. The number of halogens is 2. The van der Waals surface area contributed by atoms with Gasteiger partial charge in [-0.1, -0.05) is 23.2 Å². The van der Waals surface area contributed by atoms with Crippen molar-refractivity contribution in [2.45, 2.75) is 0 Å². The number of hydrogen-bond acceptors (Lipinski definition) is 3. The summed E-state index contributed by atoms with van der Waals surface area (Å²) in [6.45, 7) is 0. The number of hydrogen-bond donors (Lipinski definition) is 0. The minimum atomic E-state index is -0.521. The Balaban J connectivity index is 2.46. The van der Waals surface area contributed by atoms with Gasteiger partial charge >= 0.3 is 5.69 Å². The number of nitro groups is 1. The summed E-state index contributed by atoms with van der Waals surface area (Å²) >= 11 is 11.7. The largest absolute Gasteiger partial charge is 0.307 e. The van der Waals surface area contributed by atoms with Crippen molar-refractivity contribution in [3.63, 3.8) is 0 Å². The maximum atomic E-state index is 10.5. The van der Waals surface area contributed by atoms with Gasteiger partial charge < -0.3 is 0 Å². The molecule has 0 saturated heterocycles. The van der Waals surface area contributed by atoms with E-state index in [1.807, 2.05) is 0 Å². The van der Waals surface area contributed by atoms with E-state index in [1.165, 1.54) is 10.9 Å². The molecule has 0 amide bonds. The van der Waals surface area contributed by atoms with Crippen LogP contribution in [0.2, 0.25) is 10.0 Å². The Morgan fingerprint density at radius 3 is 2.69 bits per heavy atom. The molecule has 0 spiro atoms. The van der Waals surface area contributed by atoms with Crippen molar-refractivity contribution >= 4 is 28.9 Å². The zero-order chi connectivity index (χ0) is 11.7. The molecule has 2 aromatic rings. The molecule has 5 nitrogen and oxygen atoms in total. The van der Waals surface area contributed by atoms with E-state index in [4.69, 9.17) is 23.2 Å². The van der Waals surface area contributed by atoms with Crippen LogP contribution in [0.3, 0.4) is 0 Å². The molecule has 1 heterocycles. The van der Waals surface area contributed by atoms with Crippen LogP contribution in [0, 0.1) is 10.1 Å². The van der Waals surface area contributed by atoms with E-state index < -0.39 is 4.92 Å². The van der Waals surface area contributed by atoms with Crippen LogP contribution >= 0.6 is 23.2 Å². The second kappa shape index (κ2) is 4.11. The Hall–Kier alpha value is -1.59. The van der Waals surface area contributed by atoms with Crippen LogP contribution < -0.4 is 0 Å². The van der Waals surface area contributed by atoms with Gasteiger partial charge in [0, 0.05) is 5.02 Å². The average molecular weight is 258 g/mol. The van der Waals surface area contributed by atoms with Crippen LogP contribution in [-0.2, 0) is 0 Å². The van der Waals surface area contributed by atoms with Crippen molar-refractivity contribution in [1.82, 2.24) is 9.78 Å². The maximum Gasteiger partial charge on any atom is 0.307 e. The Bertz CT molecular complexity index is 553. The summed E-state index contributed by atoms with van der Waals surface area (Å²) in [7, 11) is 0. The minimum Gasteiger partial charge on any atom is -0.258 e. The van der Waals surface area contributed by atoms with E-state index >= 15 is 0 Å². The third-order valence-electron chi connectivity index (χ3n) is 1.94. The average Bonchev–Trinajstić information content (AvgIpc) is 2.66. The van der Waals surface area contributed by atoms with Gasteiger partial charge in [0.2, 0.25) is 0 Å².